The first kappa shape index (κ1) is 17.9. The summed E-state index contributed by atoms with van der Waals surface area (Å²) in [4.78, 5) is 14.5. The van der Waals surface area contributed by atoms with Crippen LogP contribution in [-0.4, -0.2) is 43.5 Å². The molecule has 2 rings (SSSR count). The van der Waals surface area contributed by atoms with Crippen LogP contribution >= 0.6 is 0 Å². The molecule has 5 heteroatoms. The number of carbonyl (C=O) groups excluding carboxylic acids is 1. The van der Waals surface area contributed by atoms with E-state index in [1.54, 1.807) is 18.2 Å². The number of amides is 1. The Morgan fingerprint density at radius 3 is 2.70 bits per heavy atom. The number of nitrogens with zero attached hydrogens (tertiary/aromatic N) is 1. The minimum absolute atomic E-state index is 0.0260. The van der Waals surface area contributed by atoms with Gasteiger partial charge in [-0.15, -0.1) is 0 Å². The summed E-state index contributed by atoms with van der Waals surface area (Å²) in [6.45, 7) is 5.16. The van der Waals surface area contributed by atoms with Gasteiger partial charge in [-0.25, -0.2) is 4.39 Å². The van der Waals surface area contributed by atoms with E-state index in [2.05, 4.69) is 15.5 Å². The van der Waals surface area contributed by atoms with E-state index in [0.29, 0.717) is 5.56 Å². The molecule has 1 aliphatic heterocycles. The van der Waals surface area contributed by atoms with Gasteiger partial charge in [0.1, 0.15) is 5.82 Å². The van der Waals surface area contributed by atoms with Gasteiger partial charge >= 0.3 is 0 Å². The Labute approximate surface area is 138 Å². The van der Waals surface area contributed by atoms with Crippen LogP contribution in [0.25, 0.3) is 0 Å². The zero-order valence-electron chi connectivity index (χ0n) is 14.1. The lowest BCUT2D eigenvalue weighted by atomic mass is 9.93. The van der Waals surface area contributed by atoms with E-state index in [9.17, 15) is 9.18 Å². The van der Waals surface area contributed by atoms with Gasteiger partial charge in [0.2, 0.25) is 5.91 Å². The highest BCUT2D eigenvalue weighted by molar-refractivity contribution is 5.81. The highest BCUT2D eigenvalue weighted by atomic mass is 19.1. The molecule has 0 aliphatic carbocycles. The van der Waals surface area contributed by atoms with Crippen LogP contribution in [0.2, 0.25) is 0 Å². The fourth-order valence-electron chi connectivity index (χ4n) is 3.11. The van der Waals surface area contributed by atoms with Crippen LogP contribution in [0.1, 0.15) is 31.7 Å². The topological polar surface area (TPSA) is 44.4 Å². The molecule has 0 radical (unpaired) electrons. The summed E-state index contributed by atoms with van der Waals surface area (Å²) in [5.74, 6) is 0.458. The maximum Gasteiger partial charge on any atom is 0.237 e. The lowest BCUT2D eigenvalue weighted by Gasteiger charge is -2.35. The maximum absolute atomic E-state index is 13.6. The second kappa shape index (κ2) is 8.99. The van der Waals surface area contributed by atoms with E-state index >= 15 is 0 Å². The number of hydrogen-bond donors (Lipinski definition) is 2. The van der Waals surface area contributed by atoms with Crippen molar-refractivity contribution in [2.45, 2.75) is 38.8 Å². The molecule has 1 aromatic carbocycles. The Morgan fingerprint density at radius 1 is 1.35 bits per heavy atom. The van der Waals surface area contributed by atoms with Crippen molar-refractivity contribution >= 4 is 5.91 Å². The smallest absolute Gasteiger partial charge is 0.237 e. The molecule has 1 aliphatic rings. The third-order valence-corrected chi connectivity index (χ3v) is 4.79. The summed E-state index contributed by atoms with van der Waals surface area (Å²) in [5.41, 5.74) is 0.527. The van der Waals surface area contributed by atoms with Crippen LogP contribution in [-0.2, 0) is 11.3 Å². The number of piperidine rings is 1. The van der Waals surface area contributed by atoms with Crippen LogP contribution in [0.4, 0.5) is 4.39 Å². The minimum atomic E-state index is -0.272. The van der Waals surface area contributed by atoms with Crippen LogP contribution in [0, 0.1) is 11.7 Å². The summed E-state index contributed by atoms with van der Waals surface area (Å²) >= 11 is 0. The van der Waals surface area contributed by atoms with E-state index in [-0.39, 0.29) is 24.3 Å². The normalized spacial score (nSPS) is 17.9. The van der Waals surface area contributed by atoms with E-state index in [1.807, 2.05) is 14.0 Å². The molecule has 1 heterocycles. The molecule has 1 unspecified atom stereocenters. The molecule has 0 bridgehead atoms. The standard InChI is InChI=1S/C18H28FN3O/c1-14(22-11-8-15(9-12-22)7-10-20-2)18(23)21-13-16-5-3-4-6-17(16)19/h3-6,14-15,20H,7-13H2,1-2H3,(H,21,23). The maximum atomic E-state index is 13.6. The van der Waals surface area contributed by atoms with Crippen molar-refractivity contribution in [3.63, 3.8) is 0 Å². The van der Waals surface area contributed by atoms with Crippen molar-refractivity contribution in [1.82, 2.24) is 15.5 Å². The summed E-state index contributed by atoms with van der Waals surface area (Å²) in [5, 5.41) is 6.05. The Bertz CT molecular complexity index is 501. The molecule has 1 atom stereocenters. The summed E-state index contributed by atoms with van der Waals surface area (Å²) in [6, 6.07) is 6.40. The molecule has 0 aromatic heterocycles. The van der Waals surface area contributed by atoms with Crippen molar-refractivity contribution in [2.24, 2.45) is 5.92 Å². The average Bonchev–Trinajstić information content (AvgIpc) is 2.59. The van der Waals surface area contributed by atoms with E-state index in [1.165, 1.54) is 12.5 Å². The minimum Gasteiger partial charge on any atom is -0.351 e. The molecule has 1 fully saturated rings. The molecule has 1 aromatic rings. The molecule has 1 amide bonds. The zero-order chi connectivity index (χ0) is 16.7. The SMILES string of the molecule is CNCCC1CCN(C(C)C(=O)NCc2ccccc2F)CC1. The van der Waals surface area contributed by atoms with Gasteiger partial charge in [-0.3, -0.25) is 9.69 Å². The van der Waals surface area contributed by atoms with Gasteiger partial charge in [-0.1, -0.05) is 18.2 Å². The highest BCUT2D eigenvalue weighted by Gasteiger charge is 2.26. The van der Waals surface area contributed by atoms with Crippen LogP contribution in [0.3, 0.4) is 0 Å². The number of halogens is 1. The fourth-order valence-corrected chi connectivity index (χ4v) is 3.11. The number of likely N-dealkylation sites (tertiary alicyclic amines) is 1. The van der Waals surface area contributed by atoms with Crippen molar-refractivity contribution < 1.29 is 9.18 Å². The molecular formula is C18H28FN3O. The lowest BCUT2D eigenvalue weighted by molar-refractivity contribution is -0.126. The van der Waals surface area contributed by atoms with Gasteiger partial charge in [0.05, 0.1) is 6.04 Å². The fraction of sp³-hybridized carbons (Fsp3) is 0.611. The monoisotopic (exact) mass is 321 g/mol. The molecule has 23 heavy (non-hydrogen) atoms. The number of benzene rings is 1. The Balaban J connectivity index is 1.76. The highest BCUT2D eigenvalue weighted by Crippen LogP contribution is 2.21. The van der Waals surface area contributed by atoms with Gasteiger partial charge in [0, 0.05) is 12.1 Å². The van der Waals surface area contributed by atoms with Gasteiger partial charge in [0.25, 0.3) is 0 Å². The van der Waals surface area contributed by atoms with Crippen molar-refractivity contribution in [1.29, 1.82) is 0 Å². The first-order valence-corrected chi connectivity index (χ1v) is 8.51. The third kappa shape index (κ3) is 5.29. The molecule has 0 spiro atoms. The van der Waals surface area contributed by atoms with Crippen molar-refractivity contribution in [3.8, 4) is 0 Å². The largest absolute Gasteiger partial charge is 0.351 e. The Kier molecular flexibility index (Phi) is 6.99. The van der Waals surface area contributed by atoms with Crippen LogP contribution in [0.15, 0.2) is 24.3 Å². The van der Waals surface area contributed by atoms with E-state index < -0.39 is 0 Å². The number of nitrogens with one attached hydrogen (secondary N) is 2. The van der Waals surface area contributed by atoms with Crippen LogP contribution < -0.4 is 10.6 Å². The second-order valence-electron chi connectivity index (χ2n) is 6.36. The predicted molar refractivity (Wildman–Crippen MR) is 90.5 cm³/mol. The predicted octanol–water partition coefficient (Wildman–Crippen LogP) is 2.15. The molecule has 128 valence electrons. The Morgan fingerprint density at radius 2 is 2.04 bits per heavy atom. The van der Waals surface area contributed by atoms with Gasteiger partial charge in [-0.2, -0.15) is 0 Å². The quantitative estimate of drug-likeness (QED) is 0.809. The van der Waals surface area contributed by atoms with Gasteiger partial charge < -0.3 is 10.6 Å². The number of carbonyl (C=O) groups is 1. The number of rotatable bonds is 7. The van der Waals surface area contributed by atoms with Crippen molar-refractivity contribution in [2.75, 3.05) is 26.7 Å². The van der Waals surface area contributed by atoms with E-state index in [0.717, 1.165) is 38.4 Å². The molecular weight excluding hydrogens is 293 g/mol. The summed E-state index contributed by atoms with van der Waals surface area (Å²) in [7, 11) is 1.98. The third-order valence-electron chi connectivity index (χ3n) is 4.79. The number of hydrogen-bond acceptors (Lipinski definition) is 3. The van der Waals surface area contributed by atoms with E-state index in [4.69, 9.17) is 0 Å². The summed E-state index contributed by atoms with van der Waals surface area (Å²) < 4.78 is 13.6. The van der Waals surface area contributed by atoms with Gasteiger partial charge in [0.15, 0.2) is 0 Å². The average molecular weight is 321 g/mol. The molecule has 0 saturated carbocycles. The van der Waals surface area contributed by atoms with Gasteiger partial charge in [-0.05, 0) is 64.9 Å². The molecule has 2 N–H and O–H groups in total. The second-order valence-corrected chi connectivity index (χ2v) is 6.36. The molecule has 4 nitrogen and oxygen atoms in total. The first-order valence-electron chi connectivity index (χ1n) is 8.51. The summed E-state index contributed by atoms with van der Waals surface area (Å²) in [6.07, 6.45) is 3.50. The Hall–Kier alpha value is -1.46. The lowest BCUT2D eigenvalue weighted by Crippen LogP contribution is -2.48. The zero-order valence-corrected chi connectivity index (χ0v) is 14.1. The van der Waals surface area contributed by atoms with Crippen LogP contribution in [0.5, 0.6) is 0 Å². The molecule has 1 saturated heterocycles. The van der Waals surface area contributed by atoms with Crippen molar-refractivity contribution in [3.05, 3.63) is 35.6 Å². The first-order chi connectivity index (χ1) is 11.1.